The van der Waals surface area contributed by atoms with Gasteiger partial charge in [-0.3, -0.25) is 9.69 Å². The minimum Gasteiger partial charge on any atom is -0.480 e. The minimum absolute atomic E-state index is 0.0222. The van der Waals surface area contributed by atoms with Gasteiger partial charge in [-0.2, -0.15) is 0 Å². The highest BCUT2D eigenvalue weighted by atomic mass is 127. The summed E-state index contributed by atoms with van der Waals surface area (Å²) < 4.78 is 9.83. The third kappa shape index (κ3) is 2.31. The number of cyclic esters (lactones) is 1. The van der Waals surface area contributed by atoms with Gasteiger partial charge < -0.3 is 14.8 Å². The van der Waals surface area contributed by atoms with Gasteiger partial charge in [0.1, 0.15) is 5.82 Å². The van der Waals surface area contributed by atoms with Crippen LogP contribution in [0.3, 0.4) is 0 Å². The summed E-state index contributed by atoms with van der Waals surface area (Å²) in [4.78, 5) is 28.7. The van der Waals surface area contributed by atoms with Crippen molar-refractivity contribution in [3.8, 4) is 5.75 Å². The van der Waals surface area contributed by atoms with Crippen molar-refractivity contribution in [2.75, 3.05) is 23.4 Å². The molecule has 0 aliphatic carbocycles. The number of aromatic nitrogens is 1. The van der Waals surface area contributed by atoms with Gasteiger partial charge in [-0.25, -0.2) is 9.78 Å². The van der Waals surface area contributed by atoms with Gasteiger partial charge in [0.2, 0.25) is 0 Å². The second kappa shape index (κ2) is 4.22. The molecule has 0 spiro atoms. The van der Waals surface area contributed by atoms with Crippen LogP contribution in [0, 0.1) is 0 Å². The standard InChI is InChI=1S/C11H10IN3O4/c1-11(12)5-15(10(17)19-11)7-3-2-6-9(13-7)14-8(16)4-18-6/h2-3H,4-5H2,1H3,(H,13,14,16)/t11-/m0/s1. The summed E-state index contributed by atoms with van der Waals surface area (Å²) in [5, 5.41) is 2.60. The molecule has 1 aromatic rings. The van der Waals surface area contributed by atoms with E-state index in [9.17, 15) is 9.59 Å². The van der Waals surface area contributed by atoms with Gasteiger partial charge in [0.15, 0.2) is 21.8 Å². The number of hydrogen-bond acceptors (Lipinski definition) is 5. The van der Waals surface area contributed by atoms with Crippen LogP contribution in [0.5, 0.6) is 5.75 Å². The number of anilines is 2. The van der Waals surface area contributed by atoms with Crippen LogP contribution in [-0.2, 0) is 9.53 Å². The first kappa shape index (κ1) is 12.5. The van der Waals surface area contributed by atoms with Crippen molar-refractivity contribution in [1.29, 1.82) is 0 Å². The number of alkyl halides is 1. The second-order valence-electron chi connectivity index (χ2n) is 4.41. The number of nitrogens with one attached hydrogen (secondary N) is 1. The third-order valence-electron chi connectivity index (χ3n) is 2.70. The summed E-state index contributed by atoms with van der Waals surface area (Å²) in [6.07, 6.45) is -0.451. The first-order valence-electron chi connectivity index (χ1n) is 5.58. The van der Waals surface area contributed by atoms with Gasteiger partial charge in [-0.15, -0.1) is 0 Å². The number of carbonyl (C=O) groups is 2. The predicted molar refractivity (Wildman–Crippen MR) is 74.6 cm³/mol. The molecule has 100 valence electrons. The Kier molecular flexibility index (Phi) is 2.77. The van der Waals surface area contributed by atoms with E-state index in [-0.39, 0.29) is 12.5 Å². The molecule has 3 rings (SSSR count). The Morgan fingerprint density at radius 3 is 2.95 bits per heavy atom. The maximum absolute atomic E-state index is 11.8. The van der Waals surface area contributed by atoms with Crippen LogP contribution in [-0.4, -0.2) is 33.7 Å². The van der Waals surface area contributed by atoms with Gasteiger partial charge in [0, 0.05) is 0 Å². The number of ether oxygens (including phenoxy) is 2. The monoisotopic (exact) mass is 375 g/mol. The Morgan fingerprint density at radius 2 is 2.26 bits per heavy atom. The van der Waals surface area contributed by atoms with Crippen LogP contribution in [0.15, 0.2) is 12.1 Å². The summed E-state index contributed by atoms with van der Waals surface area (Å²) in [6.45, 7) is 2.19. The average Bonchev–Trinajstić information content (AvgIpc) is 2.62. The molecule has 0 unspecified atom stereocenters. The Labute approximate surface area is 122 Å². The SMILES string of the molecule is C[C@@]1(I)CN(c2ccc3c(n2)NC(=O)CO3)C(=O)O1. The fraction of sp³-hybridized carbons (Fsp3) is 0.364. The number of carbonyl (C=O) groups excluding carboxylic acids is 2. The van der Waals surface area contributed by atoms with E-state index in [0.717, 1.165) is 0 Å². The topological polar surface area (TPSA) is 80.8 Å². The van der Waals surface area contributed by atoms with E-state index < -0.39 is 9.70 Å². The lowest BCUT2D eigenvalue weighted by Crippen LogP contribution is -2.29. The molecular weight excluding hydrogens is 365 g/mol. The van der Waals surface area contributed by atoms with E-state index in [1.807, 2.05) is 6.92 Å². The second-order valence-corrected chi connectivity index (χ2v) is 6.69. The molecule has 1 atom stereocenters. The van der Waals surface area contributed by atoms with E-state index >= 15 is 0 Å². The van der Waals surface area contributed by atoms with Crippen LogP contribution in [0.25, 0.3) is 0 Å². The van der Waals surface area contributed by atoms with E-state index in [1.165, 1.54) is 4.90 Å². The normalized spacial score (nSPS) is 25.5. The van der Waals surface area contributed by atoms with E-state index in [1.54, 1.807) is 12.1 Å². The molecule has 3 heterocycles. The highest BCUT2D eigenvalue weighted by molar-refractivity contribution is 14.1. The van der Waals surface area contributed by atoms with E-state index in [4.69, 9.17) is 9.47 Å². The van der Waals surface area contributed by atoms with E-state index in [2.05, 4.69) is 32.9 Å². The fourth-order valence-corrected chi connectivity index (χ4v) is 2.42. The highest BCUT2D eigenvalue weighted by Gasteiger charge is 2.40. The lowest BCUT2D eigenvalue weighted by Gasteiger charge is -2.19. The number of pyridine rings is 1. The predicted octanol–water partition coefficient (Wildman–Crippen LogP) is 1.52. The molecule has 1 N–H and O–H groups in total. The molecule has 1 fully saturated rings. The molecule has 7 nitrogen and oxygen atoms in total. The zero-order valence-electron chi connectivity index (χ0n) is 9.97. The van der Waals surface area contributed by atoms with Crippen LogP contribution in [0.4, 0.5) is 16.4 Å². The molecule has 2 amide bonds. The molecule has 0 aromatic carbocycles. The zero-order chi connectivity index (χ0) is 13.6. The molecule has 8 heteroatoms. The summed E-state index contributed by atoms with van der Waals surface area (Å²) in [5.41, 5.74) is 0. The highest BCUT2D eigenvalue weighted by Crippen LogP contribution is 2.34. The van der Waals surface area contributed by atoms with Crippen molar-refractivity contribution < 1.29 is 19.1 Å². The Balaban J connectivity index is 1.92. The van der Waals surface area contributed by atoms with Crippen molar-refractivity contribution >= 4 is 46.2 Å². The molecule has 19 heavy (non-hydrogen) atoms. The number of rotatable bonds is 1. The molecule has 2 aliphatic heterocycles. The smallest absolute Gasteiger partial charge is 0.417 e. The van der Waals surface area contributed by atoms with Crippen molar-refractivity contribution in [3.05, 3.63) is 12.1 Å². The van der Waals surface area contributed by atoms with Crippen LogP contribution in [0.2, 0.25) is 0 Å². The van der Waals surface area contributed by atoms with Gasteiger partial charge in [0.25, 0.3) is 5.91 Å². The minimum atomic E-state index is -0.577. The lowest BCUT2D eigenvalue weighted by atomic mass is 10.3. The molecule has 1 saturated heterocycles. The molecule has 0 bridgehead atoms. The Hall–Kier alpha value is -1.58. The Morgan fingerprint density at radius 1 is 1.47 bits per heavy atom. The van der Waals surface area contributed by atoms with Gasteiger partial charge in [-0.1, -0.05) is 0 Å². The van der Waals surface area contributed by atoms with Gasteiger partial charge >= 0.3 is 6.09 Å². The van der Waals surface area contributed by atoms with Gasteiger partial charge in [0.05, 0.1) is 6.54 Å². The van der Waals surface area contributed by atoms with Crippen LogP contribution >= 0.6 is 22.6 Å². The number of fused-ring (bicyclic) bond motifs is 1. The fourth-order valence-electron chi connectivity index (χ4n) is 1.89. The van der Waals surface area contributed by atoms with E-state index in [0.29, 0.717) is 23.9 Å². The van der Waals surface area contributed by atoms with Crippen LogP contribution in [0.1, 0.15) is 6.92 Å². The lowest BCUT2D eigenvalue weighted by molar-refractivity contribution is -0.118. The Bertz CT molecular complexity index is 575. The third-order valence-corrected chi connectivity index (χ3v) is 3.26. The maximum atomic E-state index is 11.8. The number of nitrogens with zero attached hydrogens (tertiary/aromatic N) is 2. The summed E-state index contributed by atoms with van der Waals surface area (Å²) in [5.74, 6) is 0.978. The average molecular weight is 375 g/mol. The van der Waals surface area contributed by atoms with Crippen molar-refractivity contribution in [3.63, 3.8) is 0 Å². The first-order valence-corrected chi connectivity index (χ1v) is 6.66. The summed E-state index contributed by atoms with van der Waals surface area (Å²) >= 11 is 2.06. The van der Waals surface area contributed by atoms with Gasteiger partial charge in [-0.05, 0) is 41.6 Å². The number of amides is 2. The van der Waals surface area contributed by atoms with Crippen molar-refractivity contribution in [2.24, 2.45) is 0 Å². The largest absolute Gasteiger partial charge is 0.480 e. The summed E-state index contributed by atoms with van der Waals surface area (Å²) in [6, 6.07) is 3.34. The quantitative estimate of drug-likeness (QED) is 0.595. The van der Waals surface area contributed by atoms with Crippen molar-refractivity contribution in [2.45, 2.75) is 10.5 Å². The zero-order valence-corrected chi connectivity index (χ0v) is 12.1. The first-order chi connectivity index (χ1) is 8.94. The molecule has 1 aromatic heterocycles. The molecule has 2 aliphatic rings. The molecule has 0 radical (unpaired) electrons. The maximum Gasteiger partial charge on any atom is 0.417 e. The molecule has 0 saturated carbocycles. The summed E-state index contributed by atoms with van der Waals surface area (Å²) in [7, 11) is 0. The molecular formula is C11H10IN3O4. The number of hydrogen-bond donors (Lipinski definition) is 1. The van der Waals surface area contributed by atoms with Crippen LogP contribution < -0.4 is 15.0 Å². The van der Waals surface area contributed by atoms with Crippen molar-refractivity contribution in [1.82, 2.24) is 4.98 Å². The number of halogens is 1.